The molecule has 0 radical (unpaired) electrons. The highest BCUT2D eigenvalue weighted by Gasteiger charge is 2.52. The van der Waals surface area contributed by atoms with Crippen molar-refractivity contribution in [1.82, 2.24) is 0 Å². The lowest BCUT2D eigenvalue weighted by molar-refractivity contribution is 0.00578. The largest absolute Gasteiger partial charge is 0.494 e. The molecule has 1 aliphatic rings. The molecule has 4 nitrogen and oxygen atoms in total. The summed E-state index contributed by atoms with van der Waals surface area (Å²) in [6, 6.07) is 2.97. The van der Waals surface area contributed by atoms with Crippen LogP contribution in [0.2, 0.25) is 0 Å². The first kappa shape index (κ1) is 18.0. The van der Waals surface area contributed by atoms with Crippen LogP contribution in [0.4, 0.5) is 3.89 Å². The van der Waals surface area contributed by atoms with Gasteiger partial charge in [-0.3, -0.25) is 0 Å². The molecule has 1 saturated heterocycles. The van der Waals surface area contributed by atoms with E-state index < -0.39 is 33.4 Å². The fourth-order valence-corrected chi connectivity index (χ4v) is 3.20. The van der Waals surface area contributed by atoms with E-state index in [2.05, 4.69) is 5.92 Å². The fourth-order valence-electron chi connectivity index (χ4n) is 2.43. The Morgan fingerprint density at radius 3 is 2.17 bits per heavy atom. The summed E-state index contributed by atoms with van der Waals surface area (Å²) in [6.07, 6.45) is 5.52. The SMILES string of the molecule is C#CCc1cc(B2OC(C)(C)C(C)(C)O2)cc(S(=O)(=O)F)c1C. The molecule has 124 valence electrons. The van der Waals surface area contributed by atoms with E-state index in [4.69, 9.17) is 15.7 Å². The smallest absolute Gasteiger partial charge is 0.399 e. The molecule has 1 aliphatic heterocycles. The van der Waals surface area contributed by atoms with Crippen molar-refractivity contribution in [3.8, 4) is 12.3 Å². The number of hydrogen-bond donors (Lipinski definition) is 0. The number of halogens is 1. The maximum atomic E-state index is 13.6. The van der Waals surface area contributed by atoms with Gasteiger partial charge in [-0.2, -0.15) is 8.42 Å². The average molecular weight is 338 g/mol. The van der Waals surface area contributed by atoms with Crippen LogP contribution in [-0.2, 0) is 26.0 Å². The van der Waals surface area contributed by atoms with Crippen molar-refractivity contribution in [2.75, 3.05) is 0 Å². The topological polar surface area (TPSA) is 52.6 Å². The molecule has 0 aromatic heterocycles. The molecule has 7 heteroatoms. The van der Waals surface area contributed by atoms with E-state index in [1.807, 2.05) is 27.7 Å². The first-order chi connectivity index (χ1) is 10.4. The van der Waals surface area contributed by atoms with Gasteiger partial charge in [0.05, 0.1) is 11.2 Å². The Hall–Kier alpha value is -1.36. The Balaban J connectivity index is 2.57. The first-order valence-electron chi connectivity index (χ1n) is 7.26. The van der Waals surface area contributed by atoms with Crippen LogP contribution in [0.3, 0.4) is 0 Å². The van der Waals surface area contributed by atoms with Gasteiger partial charge >= 0.3 is 17.3 Å². The molecule has 0 amide bonds. The lowest BCUT2D eigenvalue weighted by Crippen LogP contribution is -2.41. The van der Waals surface area contributed by atoms with Crippen LogP contribution >= 0.6 is 0 Å². The van der Waals surface area contributed by atoms with Gasteiger partial charge < -0.3 is 9.31 Å². The molecule has 2 rings (SSSR count). The Morgan fingerprint density at radius 2 is 1.74 bits per heavy atom. The lowest BCUT2D eigenvalue weighted by Gasteiger charge is -2.32. The van der Waals surface area contributed by atoms with Crippen molar-refractivity contribution in [1.29, 1.82) is 0 Å². The number of hydrogen-bond acceptors (Lipinski definition) is 4. The van der Waals surface area contributed by atoms with E-state index in [9.17, 15) is 12.3 Å². The zero-order chi connectivity index (χ0) is 17.6. The number of rotatable bonds is 3. The first-order valence-corrected chi connectivity index (χ1v) is 8.64. The zero-order valence-corrected chi connectivity index (χ0v) is 14.8. The third-order valence-electron chi connectivity index (χ3n) is 4.57. The second-order valence-corrected chi connectivity index (χ2v) is 8.03. The van der Waals surface area contributed by atoms with Gasteiger partial charge in [-0.1, -0.05) is 6.07 Å². The minimum atomic E-state index is -4.86. The summed E-state index contributed by atoms with van der Waals surface area (Å²) in [5.74, 6) is 2.45. The van der Waals surface area contributed by atoms with Crippen LogP contribution < -0.4 is 5.46 Å². The molecule has 1 aromatic carbocycles. The molecule has 23 heavy (non-hydrogen) atoms. The quantitative estimate of drug-likeness (QED) is 0.481. The van der Waals surface area contributed by atoms with Gasteiger partial charge in [0.2, 0.25) is 0 Å². The molecule has 0 unspecified atom stereocenters. The van der Waals surface area contributed by atoms with Crippen molar-refractivity contribution in [2.24, 2.45) is 0 Å². The van der Waals surface area contributed by atoms with Crippen molar-refractivity contribution >= 4 is 22.8 Å². The second-order valence-electron chi connectivity index (χ2n) is 6.71. The maximum Gasteiger partial charge on any atom is 0.494 e. The van der Waals surface area contributed by atoms with Crippen molar-refractivity contribution in [3.05, 3.63) is 23.3 Å². The summed E-state index contributed by atoms with van der Waals surface area (Å²) in [5.41, 5.74) is 0.157. The van der Waals surface area contributed by atoms with Gasteiger partial charge in [-0.25, -0.2) is 0 Å². The minimum Gasteiger partial charge on any atom is -0.399 e. The molecule has 0 saturated carbocycles. The maximum absolute atomic E-state index is 13.6. The van der Waals surface area contributed by atoms with Gasteiger partial charge in [0.25, 0.3) is 0 Å². The highest BCUT2D eigenvalue weighted by atomic mass is 32.3. The summed E-state index contributed by atoms with van der Waals surface area (Å²) in [7, 11) is -5.64. The molecular formula is C16H20BFO4S. The molecule has 0 bridgehead atoms. The molecule has 1 heterocycles. The van der Waals surface area contributed by atoms with Crippen LogP contribution in [0.25, 0.3) is 0 Å². The van der Waals surface area contributed by atoms with Gasteiger partial charge in [0.15, 0.2) is 0 Å². The van der Waals surface area contributed by atoms with E-state index in [1.165, 1.54) is 13.0 Å². The summed E-state index contributed by atoms with van der Waals surface area (Å²) in [6.45, 7) is 9.08. The Bertz CT molecular complexity index is 762. The van der Waals surface area contributed by atoms with Crippen molar-refractivity contribution in [3.63, 3.8) is 0 Å². The number of terminal acetylenes is 1. The molecule has 0 atom stereocenters. The molecule has 1 fully saturated rings. The van der Waals surface area contributed by atoms with Crippen molar-refractivity contribution < 1.29 is 21.6 Å². The van der Waals surface area contributed by atoms with Gasteiger partial charge in [0, 0.05) is 6.42 Å². The predicted molar refractivity (Wildman–Crippen MR) is 87.7 cm³/mol. The van der Waals surface area contributed by atoms with Gasteiger partial charge in [-0.15, -0.1) is 16.2 Å². The Kier molecular flexibility index (Phi) is 4.40. The molecule has 0 N–H and O–H groups in total. The molecule has 0 spiro atoms. The minimum absolute atomic E-state index is 0.196. The van der Waals surface area contributed by atoms with E-state index >= 15 is 0 Å². The Labute approximate surface area is 137 Å². The van der Waals surface area contributed by atoms with E-state index in [-0.39, 0.29) is 6.42 Å². The molecule has 0 aliphatic carbocycles. The summed E-state index contributed by atoms with van der Waals surface area (Å²) >= 11 is 0. The lowest BCUT2D eigenvalue weighted by atomic mass is 9.77. The predicted octanol–water partition coefficient (Wildman–Crippen LogP) is 2.13. The van der Waals surface area contributed by atoms with Crippen LogP contribution in [-0.4, -0.2) is 26.7 Å². The normalized spacial score (nSPS) is 19.6. The van der Waals surface area contributed by atoms with E-state index in [1.54, 1.807) is 6.07 Å². The second kappa shape index (κ2) is 5.62. The van der Waals surface area contributed by atoms with Crippen LogP contribution in [0, 0.1) is 19.3 Å². The summed E-state index contributed by atoms with van der Waals surface area (Å²) < 4.78 is 48.3. The van der Waals surface area contributed by atoms with Gasteiger partial charge in [-0.05, 0) is 57.3 Å². The fraction of sp³-hybridized carbons (Fsp3) is 0.500. The Morgan fingerprint density at radius 1 is 1.22 bits per heavy atom. The van der Waals surface area contributed by atoms with Crippen LogP contribution in [0.5, 0.6) is 0 Å². The zero-order valence-electron chi connectivity index (χ0n) is 13.9. The van der Waals surface area contributed by atoms with Crippen LogP contribution in [0.15, 0.2) is 17.0 Å². The van der Waals surface area contributed by atoms with Crippen molar-refractivity contribution in [2.45, 2.75) is 57.1 Å². The third-order valence-corrected chi connectivity index (χ3v) is 5.52. The summed E-state index contributed by atoms with van der Waals surface area (Å²) in [4.78, 5) is -0.394. The highest BCUT2D eigenvalue weighted by Crippen LogP contribution is 2.36. The summed E-state index contributed by atoms with van der Waals surface area (Å²) in [5, 5.41) is 0. The molecular weight excluding hydrogens is 318 g/mol. The standard InChI is InChI=1S/C16H20BFO4S/c1-7-8-12-9-13(10-14(11(12)2)23(18,19)20)17-21-15(3,4)16(5,6)22-17/h1,9-10H,8H2,2-6H3. The third kappa shape index (κ3) is 3.30. The van der Waals surface area contributed by atoms with E-state index in [0.717, 1.165) is 0 Å². The molecule has 1 aromatic rings. The average Bonchev–Trinajstić information content (AvgIpc) is 2.59. The van der Waals surface area contributed by atoms with E-state index in [0.29, 0.717) is 16.6 Å². The van der Waals surface area contributed by atoms with Crippen LogP contribution in [0.1, 0.15) is 38.8 Å². The monoisotopic (exact) mass is 338 g/mol. The number of benzene rings is 1. The van der Waals surface area contributed by atoms with Gasteiger partial charge in [0.1, 0.15) is 4.90 Å². The highest BCUT2D eigenvalue weighted by molar-refractivity contribution is 7.86.